The number of nitrogens with zero attached hydrogens (tertiary/aromatic N) is 2. The minimum Gasteiger partial charge on any atom is -0.497 e. The quantitative estimate of drug-likeness (QED) is 0.553. The van der Waals surface area contributed by atoms with Crippen LogP contribution in [-0.2, 0) is 0 Å². The Bertz CT molecular complexity index is 1240. The third kappa shape index (κ3) is 4.22. The third-order valence-corrected chi connectivity index (χ3v) is 4.47. The molecular formula is C21H21N3O7. The molecule has 2 aromatic carbocycles. The predicted octanol–water partition coefficient (Wildman–Crippen LogP) is 2.02. The molecule has 0 spiro atoms. The first-order chi connectivity index (χ1) is 14.9. The van der Waals surface area contributed by atoms with Crippen molar-refractivity contribution >= 4 is 11.9 Å². The molecular weight excluding hydrogens is 406 g/mol. The molecule has 2 N–H and O–H groups in total. The summed E-state index contributed by atoms with van der Waals surface area (Å²) in [7, 11) is 5.86. The number of aromatic nitrogens is 2. The highest BCUT2D eigenvalue weighted by Crippen LogP contribution is 2.32. The van der Waals surface area contributed by atoms with Crippen LogP contribution in [0.15, 0.2) is 51.0 Å². The summed E-state index contributed by atoms with van der Waals surface area (Å²) in [6, 6.07) is 9.61. The Morgan fingerprint density at radius 1 is 0.903 bits per heavy atom. The van der Waals surface area contributed by atoms with E-state index >= 15 is 0 Å². The Balaban J connectivity index is 2.16. The first-order valence-corrected chi connectivity index (χ1v) is 9.00. The maximum Gasteiger partial charge on any atom is 0.335 e. The highest BCUT2D eigenvalue weighted by molar-refractivity contribution is 5.85. The fourth-order valence-electron chi connectivity index (χ4n) is 2.88. The average molecular weight is 427 g/mol. The van der Waals surface area contributed by atoms with Crippen molar-refractivity contribution in [2.75, 3.05) is 28.4 Å². The lowest BCUT2D eigenvalue weighted by Gasteiger charge is -2.14. The van der Waals surface area contributed by atoms with Crippen molar-refractivity contribution in [2.45, 2.75) is 0 Å². The molecule has 162 valence electrons. The largest absolute Gasteiger partial charge is 0.497 e. The van der Waals surface area contributed by atoms with Crippen LogP contribution in [0.4, 0.5) is 5.69 Å². The highest BCUT2D eigenvalue weighted by Gasteiger charge is 2.18. The molecule has 0 amide bonds. The van der Waals surface area contributed by atoms with Crippen LogP contribution < -0.4 is 30.2 Å². The van der Waals surface area contributed by atoms with E-state index < -0.39 is 17.1 Å². The number of aromatic amines is 1. The Hall–Kier alpha value is -4.21. The molecule has 0 fully saturated rings. The standard InChI is InChI=1S/C21H21N3O7/c1-28-12-6-8-17(30-3)16(9-12)24-20(26)14(19(25)23-21(24)27)11-22-15-7-5-13(29-2)10-18(15)31-4/h5-11,26H,1-4H3,(H,23,25,27). The van der Waals surface area contributed by atoms with Gasteiger partial charge in [-0.15, -0.1) is 0 Å². The average Bonchev–Trinajstić information content (AvgIpc) is 2.78. The van der Waals surface area contributed by atoms with Crippen molar-refractivity contribution in [3.8, 4) is 34.6 Å². The number of ether oxygens (including phenoxy) is 4. The zero-order valence-corrected chi connectivity index (χ0v) is 17.3. The molecule has 3 rings (SSSR count). The van der Waals surface area contributed by atoms with Crippen molar-refractivity contribution in [1.29, 1.82) is 0 Å². The van der Waals surface area contributed by atoms with Gasteiger partial charge in [-0.3, -0.25) is 14.8 Å². The van der Waals surface area contributed by atoms with Crippen molar-refractivity contribution in [2.24, 2.45) is 4.99 Å². The summed E-state index contributed by atoms with van der Waals surface area (Å²) >= 11 is 0. The summed E-state index contributed by atoms with van der Waals surface area (Å²) < 4.78 is 21.8. The van der Waals surface area contributed by atoms with Gasteiger partial charge < -0.3 is 24.1 Å². The van der Waals surface area contributed by atoms with Gasteiger partial charge in [-0.25, -0.2) is 9.36 Å². The van der Waals surface area contributed by atoms with Gasteiger partial charge in [0.25, 0.3) is 5.56 Å². The normalized spacial score (nSPS) is 10.8. The van der Waals surface area contributed by atoms with Crippen LogP contribution in [0.1, 0.15) is 5.56 Å². The van der Waals surface area contributed by atoms with Crippen LogP contribution in [-0.4, -0.2) is 49.3 Å². The lowest BCUT2D eigenvalue weighted by molar-refractivity contribution is 0.393. The van der Waals surface area contributed by atoms with Gasteiger partial charge in [0.2, 0.25) is 5.88 Å². The molecule has 0 unspecified atom stereocenters. The van der Waals surface area contributed by atoms with E-state index in [0.29, 0.717) is 22.9 Å². The zero-order valence-electron chi connectivity index (χ0n) is 17.3. The number of hydrogen-bond donors (Lipinski definition) is 2. The number of aromatic hydroxyl groups is 1. The number of rotatable bonds is 7. The fraction of sp³-hybridized carbons (Fsp3) is 0.190. The van der Waals surface area contributed by atoms with Gasteiger partial charge in [0.15, 0.2) is 0 Å². The van der Waals surface area contributed by atoms with Gasteiger partial charge in [0, 0.05) is 18.3 Å². The maximum atomic E-state index is 12.5. The maximum absolute atomic E-state index is 12.5. The molecule has 0 aliphatic carbocycles. The minimum atomic E-state index is -0.853. The van der Waals surface area contributed by atoms with E-state index in [1.165, 1.54) is 34.5 Å². The van der Waals surface area contributed by atoms with Crippen LogP contribution in [0.3, 0.4) is 0 Å². The van der Waals surface area contributed by atoms with Crippen LogP contribution in [0.2, 0.25) is 0 Å². The number of aliphatic imine (C=N–C) groups is 1. The van der Waals surface area contributed by atoms with E-state index in [-0.39, 0.29) is 17.0 Å². The first-order valence-electron chi connectivity index (χ1n) is 9.00. The predicted molar refractivity (Wildman–Crippen MR) is 114 cm³/mol. The van der Waals surface area contributed by atoms with E-state index in [1.54, 1.807) is 30.3 Å². The first kappa shape index (κ1) is 21.5. The summed E-state index contributed by atoms with van der Waals surface area (Å²) in [4.78, 5) is 31.3. The van der Waals surface area contributed by atoms with Crippen molar-refractivity contribution in [3.05, 3.63) is 62.8 Å². The lowest BCUT2D eigenvalue weighted by Crippen LogP contribution is -2.31. The monoisotopic (exact) mass is 427 g/mol. The molecule has 1 heterocycles. The number of methoxy groups -OCH3 is 4. The van der Waals surface area contributed by atoms with Crippen molar-refractivity contribution in [3.63, 3.8) is 0 Å². The number of nitrogens with one attached hydrogen (secondary N) is 1. The summed E-state index contributed by atoms with van der Waals surface area (Å²) in [6.45, 7) is 0. The minimum absolute atomic E-state index is 0.178. The number of H-pyrrole nitrogens is 1. The Labute approximate surface area is 176 Å². The molecule has 0 saturated heterocycles. The van der Waals surface area contributed by atoms with Gasteiger partial charge in [-0.2, -0.15) is 0 Å². The number of hydrogen-bond acceptors (Lipinski definition) is 8. The van der Waals surface area contributed by atoms with Crippen LogP contribution in [0.25, 0.3) is 5.69 Å². The SMILES string of the molecule is COc1ccc(N=Cc2c(O)n(-c3cc(OC)ccc3OC)c(=O)[nH]c2=O)c(OC)c1. The Morgan fingerprint density at radius 3 is 2.19 bits per heavy atom. The van der Waals surface area contributed by atoms with Gasteiger partial charge in [-0.05, 0) is 24.3 Å². The Morgan fingerprint density at radius 2 is 1.55 bits per heavy atom. The van der Waals surface area contributed by atoms with Crippen molar-refractivity contribution < 1.29 is 24.1 Å². The Kier molecular flexibility index (Phi) is 6.29. The van der Waals surface area contributed by atoms with E-state index in [1.807, 2.05) is 0 Å². The van der Waals surface area contributed by atoms with Gasteiger partial charge >= 0.3 is 5.69 Å². The molecule has 31 heavy (non-hydrogen) atoms. The molecule has 0 aliphatic heterocycles. The molecule has 0 bridgehead atoms. The zero-order chi connectivity index (χ0) is 22.5. The summed E-state index contributed by atoms with van der Waals surface area (Å²) in [5.74, 6) is 1.05. The van der Waals surface area contributed by atoms with E-state index in [0.717, 1.165) is 10.8 Å². The van der Waals surface area contributed by atoms with Crippen LogP contribution in [0, 0.1) is 0 Å². The molecule has 0 atom stereocenters. The molecule has 10 heteroatoms. The molecule has 0 radical (unpaired) electrons. The molecule has 1 aromatic heterocycles. The molecule has 10 nitrogen and oxygen atoms in total. The highest BCUT2D eigenvalue weighted by atomic mass is 16.5. The lowest BCUT2D eigenvalue weighted by atomic mass is 10.2. The third-order valence-electron chi connectivity index (χ3n) is 4.47. The van der Waals surface area contributed by atoms with E-state index in [4.69, 9.17) is 18.9 Å². The van der Waals surface area contributed by atoms with E-state index in [2.05, 4.69) is 9.98 Å². The molecule has 0 saturated carbocycles. The second-order valence-corrected chi connectivity index (χ2v) is 6.17. The van der Waals surface area contributed by atoms with Gasteiger partial charge in [-0.1, -0.05) is 0 Å². The second kappa shape index (κ2) is 9.08. The smallest absolute Gasteiger partial charge is 0.335 e. The summed E-state index contributed by atoms with van der Waals surface area (Å²) in [6.07, 6.45) is 1.14. The topological polar surface area (TPSA) is 124 Å². The summed E-state index contributed by atoms with van der Waals surface area (Å²) in [5, 5.41) is 10.8. The van der Waals surface area contributed by atoms with Gasteiger partial charge in [0.05, 0.1) is 34.1 Å². The summed E-state index contributed by atoms with van der Waals surface area (Å²) in [5.41, 5.74) is -1.33. The molecule has 0 aliphatic rings. The van der Waals surface area contributed by atoms with E-state index in [9.17, 15) is 14.7 Å². The van der Waals surface area contributed by atoms with Crippen LogP contribution in [0.5, 0.6) is 28.9 Å². The van der Waals surface area contributed by atoms with Crippen LogP contribution >= 0.6 is 0 Å². The fourth-order valence-corrected chi connectivity index (χ4v) is 2.88. The van der Waals surface area contributed by atoms with Crippen molar-refractivity contribution in [1.82, 2.24) is 9.55 Å². The second-order valence-electron chi connectivity index (χ2n) is 6.17. The number of benzene rings is 2. The molecule has 3 aromatic rings. The van der Waals surface area contributed by atoms with Gasteiger partial charge in [0.1, 0.15) is 34.2 Å².